The van der Waals surface area contributed by atoms with E-state index in [4.69, 9.17) is 4.52 Å². The van der Waals surface area contributed by atoms with Gasteiger partial charge < -0.3 is 15.2 Å². The molecule has 0 aromatic carbocycles. The van der Waals surface area contributed by atoms with E-state index < -0.39 is 0 Å². The van der Waals surface area contributed by atoms with Crippen molar-refractivity contribution in [1.82, 2.24) is 15.8 Å². The van der Waals surface area contributed by atoms with Crippen LogP contribution in [0.25, 0.3) is 0 Å². The number of aryl methyl sites for hydroxylation is 1. The van der Waals surface area contributed by atoms with Gasteiger partial charge in [-0.05, 0) is 18.4 Å². The van der Waals surface area contributed by atoms with Crippen LogP contribution >= 0.6 is 11.3 Å². The second kappa shape index (κ2) is 5.49. The predicted molar refractivity (Wildman–Crippen MR) is 64.6 cm³/mol. The van der Waals surface area contributed by atoms with Crippen LogP contribution in [0.2, 0.25) is 0 Å². The fourth-order valence-electron chi connectivity index (χ4n) is 1.32. The average Bonchev–Trinajstić information content (AvgIpc) is 2.95. The number of aromatic nitrogens is 1. The lowest BCUT2D eigenvalue weighted by molar-refractivity contribution is 0.240. The average molecular weight is 251 g/mol. The van der Waals surface area contributed by atoms with Gasteiger partial charge in [0.15, 0.2) is 0 Å². The van der Waals surface area contributed by atoms with Crippen molar-refractivity contribution in [1.29, 1.82) is 0 Å². The second-order valence-corrected chi connectivity index (χ2v) is 4.58. The molecule has 0 saturated carbocycles. The van der Waals surface area contributed by atoms with Gasteiger partial charge in [0.25, 0.3) is 0 Å². The van der Waals surface area contributed by atoms with E-state index in [0.717, 1.165) is 10.6 Å². The van der Waals surface area contributed by atoms with Crippen molar-refractivity contribution >= 4 is 17.4 Å². The van der Waals surface area contributed by atoms with Gasteiger partial charge in [0.1, 0.15) is 11.5 Å². The molecule has 5 nitrogen and oxygen atoms in total. The molecule has 0 spiro atoms. The van der Waals surface area contributed by atoms with Gasteiger partial charge in [-0.15, -0.1) is 11.3 Å². The summed E-state index contributed by atoms with van der Waals surface area (Å²) in [5, 5.41) is 11.2. The molecule has 0 unspecified atom stereocenters. The maximum atomic E-state index is 11.4. The highest BCUT2D eigenvalue weighted by Crippen LogP contribution is 2.07. The number of urea groups is 1. The van der Waals surface area contributed by atoms with Gasteiger partial charge in [-0.3, -0.25) is 0 Å². The molecule has 6 heteroatoms. The smallest absolute Gasteiger partial charge is 0.315 e. The van der Waals surface area contributed by atoms with Crippen molar-refractivity contribution in [3.05, 3.63) is 39.9 Å². The van der Waals surface area contributed by atoms with Crippen molar-refractivity contribution in [3.8, 4) is 0 Å². The largest absolute Gasteiger partial charge is 0.361 e. The third kappa shape index (κ3) is 3.60. The van der Waals surface area contributed by atoms with Crippen LogP contribution < -0.4 is 10.6 Å². The molecule has 2 aromatic rings. The Morgan fingerprint density at radius 1 is 1.47 bits per heavy atom. The zero-order chi connectivity index (χ0) is 12.1. The SMILES string of the molecule is Cc1cc(CNC(=O)NCc2cccs2)no1. The molecule has 0 fully saturated rings. The number of carbonyl (C=O) groups excluding carboxylic acids is 1. The zero-order valence-electron chi connectivity index (χ0n) is 9.40. The summed E-state index contributed by atoms with van der Waals surface area (Å²) in [6.45, 7) is 2.72. The normalized spacial score (nSPS) is 10.2. The Kier molecular flexibility index (Phi) is 3.77. The summed E-state index contributed by atoms with van der Waals surface area (Å²) in [6, 6.07) is 5.52. The molecule has 0 radical (unpaired) electrons. The molecule has 2 aromatic heterocycles. The van der Waals surface area contributed by atoms with E-state index in [-0.39, 0.29) is 6.03 Å². The van der Waals surface area contributed by atoms with Gasteiger partial charge in [0.05, 0.1) is 13.1 Å². The first-order valence-corrected chi connectivity index (χ1v) is 6.08. The van der Waals surface area contributed by atoms with Crippen LogP contribution in [0, 0.1) is 6.92 Å². The summed E-state index contributed by atoms with van der Waals surface area (Å²) in [6.07, 6.45) is 0. The van der Waals surface area contributed by atoms with E-state index >= 15 is 0 Å². The molecule has 0 aliphatic heterocycles. The molecule has 2 rings (SSSR count). The standard InChI is InChI=1S/C11H13N3O2S/c1-8-5-9(14-16-8)6-12-11(15)13-7-10-3-2-4-17-10/h2-5H,6-7H2,1H3,(H2,12,13,15). The Bertz CT molecular complexity index is 479. The van der Waals surface area contributed by atoms with E-state index in [1.165, 1.54) is 0 Å². The van der Waals surface area contributed by atoms with Gasteiger partial charge in [-0.25, -0.2) is 4.79 Å². The molecule has 0 aliphatic rings. The van der Waals surface area contributed by atoms with E-state index in [0.29, 0.717) is 18.8 Å². The van der Waals surface area contributed by atoms with Gasteiger partial charge in [0.2, 0.25) is 0 Å². The highest BCUT2D eigenvalue weighted by molar-refractivity contribution is 7.09. The molecular weight excluding hydrogens is 238 g/mol. The van der Waals surface area contributed by atoms with Gasteiger partial charge in [-0.1, -0.05) is 11.2 Å². The van der Waals surface area contributed by atoms with Crippen LogP contribution in [0.5, 0.6) is 0 Å². The number of nitrogens with one attached hydrogen (secondary N) is 2. The van der Waals surface area contributed by atoms with Crippen molar-refractivity contribution in [2.24, 2.45) is 0 Å². The van der Waals surface area contributed by atoms with E-state index in [1.807, 2.05) is 24.4 Å². The Labute approximate surface area is 103 Å². The maximum Gasteiger partial charge on any atom is 0.315 e. The Morgan fingerprint density at radius 2 is 2.29 bits per heavy atom. The van der Waals surface area contributed by atoms with Crippen molar-refractivity contribution in [3.63, 3.8) is 0 Å². The molecule has 0 saturated heterocycles. The van der Waals surface area contributed by atoms with Gasteiger partial charge >= 0.3 is 6.03 Å². The summed E-state index contributed by atoms with van der Waals surface area (Å²) in [7, 11) is 0. The Hall–Kier alpha value is -1.82. The highest BCUT2D eigenvalue weighted by Gasteiger charge is 2.03. The molecule has 17 heavy (non-hydrogen) atoms. The fourth-order valence-corrected chi connectivity index (χ4v) is 1.96. The van der Waals surface area contributed by atoms with Crippen LogP contribution in [0.15, 0.2) is 28.1 Å². The summed E-state index contributed by atoms with van der Waals surface area (Å²) < 4.78 is 4.90. The van der Waals surface area contributed by atoms with Crippen LogP contribution in [-0.2, 0) is 13.1 Å². The van der Waals surface area contributed by atoms with Crippen LogP contribution in [0.1, 0.15) is 16.3 Å². The van der Waals surface area contributed by atoms with Crippen LogP contribution in [-0.4, -0.2) is 11.2 Å². The monoisotopic (exact) mass is 251 g/mol. The number of hydrogen-bond donors (Lipinski definition) is 2. The van der Waals surface area contributed by atoms with E-state index in [1.54, 1.807) is 17.4 Å². The maximum absolute atomic E-state index is 11.4. The molecule has 90 valence electrons. The van der Waals surface area contributed by atoms with Crippen molar-refractivity contribution < 1.29 is 9.32 Å². The van der Waals surface area contributed by atoms with Gasteiger partial charge in [0, 0.05) is 10.9 Å². The number of carbonyl (C=O) groups is 1. The second-order valence-electron chi connectivity index (χ2n) is 3.54. The molecule has 2 N–H and O–H groups in total. The number of rotatable bonds is 4. The summed E-state index contributed by atoms with van der Waals surface area (Å²) in [4.78, 5) is 12.6. The fraction of sp³-hybridized carbons (Fsp3) is 0.273. The molecule has 0 bridgehead atoms. The van der Waals surface area contributed by atoms with Crippen LogP contribution in [0.4, 0.5) is 4.79 Å². The van der Waals surface area contributed by atoms with Crippen molar-refractivity contribution in [2.45, 2.75) is 20.0 Å². The molecule has 0 atom stereocenters. The zero-order valence-corrected chi connectivity index (χ0v) is 10.2. The Morgan fingerprint density at radius 3 is 2.94 bits per heavy atom. The number of nitrogens with zero attached hydrogens (tertiary/aromatic N) is 1. The predicted octanol–water partition coefficient (Wildman–Crippen LogP) is 2.04. The molecule has 2 heterocycles. The number of amides is 2. The lowest BCUT2D eigenvalue weighted by Crippen LogP contribution is -2.34. The first kappa shape index (κ1) is 11.7. The lowest BCUT2D eigenvalue weighted by atomic mass is 10.4. The molecule has 0 aliphatic carbocycles. The van der Waals surface area contributed by atoms with Crippen LogP contribution in [0.3, 0.4) is 0 Å². The summed E-state index contributed by atoms with van der Waals surface area (Å²) in [5.74, 6) is 0.737. The number of hydrogen-bond acceptors (Lipinski definition) is 4. The summed E-state index contributed by atoms with van der Waals surface area (Å²) >= 11 is 1.61. The minimum absolute atomic E-state index is 0.209. The highest BCUT2D eigenvalue weighted by atomic mass is 32.1. The third-order valence-corrected chi connectivity index (χ3v) is 2.99. The lowest BCUT2D eigenvalue weighted by Gasteiger charge is -2.04. The number of thiophene rings is 1. The topological polar surface area (TPSA) is 67.2 Å². The minimum atomic E-state index is -0.209. The Balaban J connectivity index is 1.71. The van der Waals surface area contributed by atoms with Gasteiger partial charge in [-0.2, -0.15) is 0 Å². The first-order valence-electron chi connectivity index (χ1n) is 5.20. The molecule has 2 amide bonds. The quantitative estimate of drug-likeness (QED) is 0.873. The summed E-state index contributed by atoms with van der Waals surface area (Å²) in [5.41, 5.74) is 0.716. The first-order chi connectivity index (χ1) is 8.24. The van der Waals surface area contributed by atoms with E-state index in [2.05, 4.69) is 15.8 Å². The minimum Gasteiger partial charge on any atom is -0.361 e. The molecular formula is C11H13N3O2S. The van der Waals surface area contributed by atoms with Crippen molar-refractivity contribution in [2.75, 3.05) is 0 Å². The van der Waals surface area contributed by atoms with E-state index in [9.17, 15) is 4.79 Å². The third-order valence-electron chi connectivity index (χ3n) is 2.11.